The zero-order valence-electron chi connectivity index (χ0n) is 11.1. The summed E-state index contributed by atoms with van der Waals surface area (Å²) in [5.74, 6) is 0. The largest absolute Gasteiger partial charge is 0.336 e. The highest BCUT2D eigenvalue weighted by atomic mass is 32.2. The molecule has 1 aromatic heterocycles. The van der Waals surface area contributed by atoms with Crippen molar-refractivity contribution in [3.8, 4) is 0 Å². The quantitative estimate of drug-likeness (QED) is 0.818. The van der Waals surface area contributed by atoms with Crippen LogP contribution in [0.4, 0.5) is 5.69 Å². The van der Waals surface area contributed by atoms with Crippen molar-refractivity contribution in [1.82, 2.24) is 9.55 Å². The molecule has 0 spiro atoms. The highest BCUT2D eigenvalue weighted by molar-refractivity contribution is 7.92. The fourth-order valence-electron chi connectivity index (χ4n) is 1.57. The SMILES string of the molecule is CCn1cnc(S(=O)(=O)Nc2ccc(S(N)(=O)=O)cc2)c1. The number of imidazole rings is 1. The monoisotopic (exact) mass is 330 g/mol. The number of nitrogens with two attached hydrogens (primary N) is 1. The first-order valence-corrected chi connectivity index (χ1v) is 8.93. The van der Waals surface area contributed by atoms with Crippen LogP contribution in [0.25, 0.3) is 0 Å². The van der Waals surface area contributed by atoms with Gasteiger partial charge in [0.2, 0.25) is 10.0 Å². The summed E-state index contributed by atoms with van der Waals surface area (Å²) in [7, 11) is -7.62. The smallest absolute Gasteiger partial charge is 0.280 e. The van der Waals surface area contributed by atoms with Crippen molar-refractivity contribution in [2.75, 3.05) is 4.72 Å². The van der Waals surface area contributed by atoms with Crippen LogP contribution in [0.1, 0.15) is 6.92 Å². The van der Waals surface area contributed by atoms with Gasteiger partial charge in [-0.2, -0.15) is 8.42 Å². The Labute approximate surface area is 122 Å². The van der Waals surface area contributed by atoms with Crippen molar-refractivity contribution in [1.29, 1.82) is 0 Å². The van der Waals surface area contributed by atoms with Crippen molar-refractivity contribution < 1.29 is 16.8 Å². The highest BCUT2D eigenvalue weighted by Gasteiger charge is 2.17. The zero-order chi connectivity index (χ0) is 15.7. The van der Waals surface area contributed by atoms with Crippen LogP contribution >= 0.6 is 0 Å². The minimum atomic E-state index is -3.81. The van der Waals surface area contributed by atoms with E-state index < -0.39 is 20.0 Å². The van der Waals surface area contributed by atoms with Crippen LogP contribution in [-0.2, 0) is 26.6 Å². The third kappa shape index (κ3) is 3.60. The van der Waals surface area contributed by atoms with Crippen molar-refractivity contribution in [2.45, 2.75) is 23.4 Å². The average Bonchev–Trinajstić information content (AvgIpc) is 2.87. The van der Waals surface area contributed by atoms with Gasteiger partial charge in [0.1, 0.15) is 0 Å². The molecular formula is C11H14N4O4S2. The Kier molecular flexibility index (Phi) is 4.03. The lowest BCUT2D eigenvalue weighted by Gasteiger charge is -2.06. The maximum atomic E-state index is 12.1. The zero-order valence-corrected chi connectivity index (χ0v) is 12.7. The first kappa shape index (κ1) is 15.5. The average molecular weight is 330 g/mol. The van der Waals surface area contributed by atoms with Crippen molar-refractivity contribution in [3.63, 3.8) is 0 Å². The lowest BCUT2D eigenvalue weighted by Crippen LogP contribution is -2.14. The first-order chi connectivity index (χ1) is 9.72. The summed E-state index contributed by atoms with van der Waals surface area (Å²) < 4.78 is 50.3. The molecule has 2 aromatic rings. The van der Waals surface area contributed by atoms with E-state index in [-0.39, 0.29) is 15.6 Å². The lowest BCUT2D eigenvalue weighted by atomic mass is 10.3. The van der Waals surface area contributed by atoms with E-state index in [1.165, 1.54) is 36.8 Å². The minimum absolute atomic E-state index is 0.0966. The minimum Gasteiger partial charge on any atom is -0.336 e. The number of sulfonamides is 2. The second-order valence-electron chi connectivity index (χ2n) is 4.22. The van der Waals surface area contributed by atoms with Crippen molar-refractivity contribution in [3.05, 3.63) is 36.8 Å². The van der Waals surface area contributed by atoms with Gasteiger partial charge in [-0.05, 0) is 31.2 Å². The molecule has 0 radical (unpaired) electrons. The molecule has 0 aliphatic heterocycles. The number of aromatic nitrogens is 2. The van der Waals surface area contributed by atoms with E-state index in [1.807, 2.05) is 6.92 Å². The fraction of sp³-hybridized carbons (Fsp3) is 0.182. The van der Waals surface area contributed by atoms with Crippen LogP contribution in [0.2, 0.25) is 0 Å². The number of primary sulfonamides is 1. The predicted molar refractivity (Wildman–Crippen MR) is 76.5 cm³/mol. The van der Waals surface area contributed by atoms with Gasteiger partial charge in [-0.15, -0.1) is 0 Å². The summed E-state index contributed by atoms with van der Waals surface area (Å²) >= 11 is 0. The molecule has 1 aromatic carbocycles. The van der Waals surface area contributed by atoms with Crippen molar-refractivity contribution >= 4 is 25.7 Å². The van der Waals surface area contributed by atoms with Crippen LogP contribution in [0.15, 0.2) is 46.7 Å². The maximum absolute atomic E-state index is 12.1. The Morgan fingerprint density at radius 3 is 2.29 bits per heavy atom. The summed E-state index contributed by atoms with van der Waals surface area (Å²) in [6, 6.07) is 5.07. The Morgan fingerprint density at radius 2 is 1.81 bits per heavy atom. The van der Waals surface area contributed by atoms with E-state index in [4.69, 9.17) is 5.14 Å². The number of nitrogens with zero attached hydrogens (tertiary/aromatic N) is 2. The van der Waals surface area contributed by atoms with Crippen LogP contribution in [0.5, 0.6) is 0 Å². The van der Waals surface area contributed by atoms with E-state index in [0.717, 1.165) is 0 Å². The van der Waals surface area contributed by atoms with Gasteiger partial charge < -0.3 is 4.57 Å². The summed E-state index contributed by atoms with van der Waals surface area (Å²) in [4.78, 5) is 3.71. The molecule has 0 bridgehead atoms. The van der Waals surface area contributed by atoms with Gasteiger partial charge in [-0.3, -0.25) is 4.72 Å². The number of benzene rings is 1. The standard InChI is InChI=1S/C11H14N4O4S2/c1-2-15-7-11(13-8-15)21(18,19)14-9-3-5-10(6-4-9)20(12,16)17/h3-8,14H,2H2,1H3,(H2,12,16,17). The molecule has 10 heteroatoms. The normalized spacial score (nSPS) is 12.3. The Hall–Kier alpha value is -1.91. The molecule has 8 nitrogen and oxygen atoms in total. The first-order valence-electron chi connectivity index (χ1n) is 5.90. The molecule has 0 fully saturated rings. The Morgan fingerprint density at radius 1 is 1.19 bits per heavy atom. The number of aryl methyl sites for hydroxylation is 1. The summed E-state index contributed by atoms with van der Waals surface area (Å²) in [5, 5.41) is 4.85. The third-order valence-corrected chi connectivity index (χ3v) is 4.88. The second-order valence-corrected chi connectivity index (χ2v) is 7.41. The Bertz CT molecular complexity index is 839. The molecule has 21 heavy (non-hydrogen) atoms. The van der Waals surface area contributed by atoms with Gasteiger partial charge in [0, 0.05) is 18.4 Å². The molecule has 114 valence electrons. The molecule has 0 aliphatic rings. The number of hydrogen-bond donors (Lipinski definition) is 2. The number of nitrogens with one attached hydrogen (secondary N) is 1. The summed E-state index contributed by atoms with van der Waals surface area (Å²) in [5.41, 5.74) is 0.216. The van der Waals surface area contributed by atoms with Gasteiger partial charge in [-0.1, -0.05) is 0 Å². The lowest BCUT2D eigenvalue weighted by molar-refractivity contribution is 0.596. The highest BCUT2D eigenvalue weighted by Crippen LogP contribution is 2.16. The van der Waals surface area contributed by atoms with E-state index >= 15 is 0 Å². The number of anilines is 1. The van der Waals surface area contributed by atoms with E-state index in [9.17, 15) is 16.8 Å². The molecule has 1 heterocycles. The molecule has 0 amide bonds. The van der Waals surface area contributed by atoms with Gasteiger partial charge in [0.25, 0.3) is 10.0 Å². The topological polar surface area (TPSA) is 124 Å². The van der Waals surface area contributed by atoms with E-state index in [1.54, 1.807) is 4.57 Å². The summed E-state index contributed by atoms with van der Waals surface area (Å²) in [6.07, 6.45) is 2.82. The van der Waals surface area contributed by atoms with Gasteiger partial charge >= 0.3 is 0 Å². The second kappa shape index (κ2) is 5.47. The molecule has 0 unspecified atom stereocenters. The molecule has 0 atom stereocenters. The van der Waals surface area contributed by atoms with Crippen LogP contribution in [0, 0.1) is 0 Å². The summed E-state index contributed by atoms with van der Waals surface area (Å²) in [6.45, 7) is 2.46. The van der Waals surface area contributed by atoms with Crippen LogP contribution in [-0.4, -0.2) is 26.4 Å². The van der Waals surface area contributed by atoms with Gasteiger partial charge in [0.15, 0.2) is 5.03 Å². The van der Waals surface area contributed by atoms with E-state index in [2.05, 4.69) is 9.71 Å². The predicted octanol–water partition coefficient (Wildman–Crippen LogP) is 0.351. The molecular weight excluding hydrogens is 316 g/mol. The number of rotatable bonds is 5. The van der Waals surface area contributed by atoms with Crippen LogP contribution < -0.4 is 9.86 Å². The molecule has 2 rings (SSSR count). The third-order valence-electron chi connectivity index (χ3n) is 2.69. The fourth-order valence-corrected chi connectivity index (χ4v) is 3.10. The van der Waals surface area contributed by atoms with E-state index in [0.29, 0.717) is 6.54 Å². The van der Waals surface area contributed by atoms with Gasteiger partial charge in [-0.25, -0.2) is 18.5 Å². The molecule has 0 saturated carbocycles. The molecule has 0 aliphatic carbocycles. The van der Waals surface area contributed by atoms with Crippen molar-refractivity contribution in [2.24, 2.45) is 5.14 Å². The van der Waals surface area contributed by atoms with Gasteiger partial charge in [0.05, 0.1) is 11.2 Å². The number of hydrogen-bond acceptors (Lipinski definition) is 5. The van der Waals surface area contributed by atoms with Crippen LogP contribution in [0.3, 0.4) is 0 Å². The molecule has 3 N–H and O–H groups in total. The molecule has 0 saturated heterocycles. The maximum Gasteiger partial charge on any atom is 0.280 e. The Balaban J connectivity index is 2.24.